The van der Waals surface area contributed by atoms with Crippen molar-refractivity contribution < 1.29 is 45.8 Å². The molecule has 0 saturated carbocycles. The molecule has 2 aromatic rings. The number of alkyl carbamates (subject to hydrolysis) is 1. The average Bonchev–Trinajstić information content (AvgIpc) is 3.24. The number of hydrogen-bond acceptors (Lipinski definition) is 4. The van der Waals surface area contributed by atoms with Crippen molar-refractivity contribution in [2.75, 3.05) is 11.5 Å². The molecule has 37 heavy (non-hydrogen) atoms. The van der Waals surface area contributed by atoms with Gasteiger partial charge in [0, 0.05) is 24.0 Å². The molecular formula is C24H22F6N2O4S. The number of nitrogens with zero attached hydrogens (tertiary/aromatic N) is 1. The van der Waals surface area contributed by atoms with E-state index >= 15 is 0 Å². The zero-order valence-corrected chi connectivity index (χ0v) is 20.2. The second kappa shape index (κ2) is 9.99. The predicted molar refractivity (Wildman–Crippen MR) is 123 cm³/mol. The van der Waals surface area contributed by atoms with Crippen LogP contribution in [0.4, 0.5) is 41.6 Å². The molecule has 0 aliphatic carbocycles. The quantitative estimate of drug-likeness (QED) is 0.413. The molecule has 13 heteroatoms. The van der Waals surface area contributed by atoms with Crippen molar-refractivity contribution in [3.63, 3.8) is 0 Å². The lowest BCUT2D eigenvalue weighted by atomic mass is 9.89. The van der Waals surface area contributed by atoms with Crippen molar-refractivity contribution in [2.24, 2.45) is 0 Å². The van der Waals surface area contributed by atoms with Crippen LogP contribution in [0.2, 0.25) is 0 Å². The van der Waals surface area contributed by atoms with Crippen molar-refractivity contribution in [1.82, 2.24) is 5.32 Å². The smallest absolute Gasteiger partial charge is 0.416 e. The summed E-state index contributed by atoms with van der Waals surface area (Å²) in [5.74, 6) is 1.50. The fourth-order valence-electron chi connectivity index (χ4n) is 4.57. The molecule has 0 fully saturated rings. The Bertz CT molecular complexity index is 1180. The van der Waals surface area contributed by atoms with E-state index in [9.17, 15) is 41.0 Å². The van der Waals surface area contributed by atoms with Gasteiger partial charge in [-0.05, 0) is 59.9 Å². The zero-order chi connectivity index (χ0) is 27.1. The number of fused-ring (bicyclic) bond motifs is 2. The largest absolute Gasteiger partial charge is 0.465 e. The molecule has 200 valence electrons. The maximum absolute atomic E-state index is 13.1. The van der Waals surface area contributed by atoms with E-state index in [0.29, 0.717) is 23.4 Å². The number of carboxylic acid groups (broad SMARTS) is 1. The van der Waals surface area contributed by atoms with Crippen molar-refractivity contribution >= 4 is 29.6 Å². The molecule has 2 atom stereocenters. The fraction of sp³-hybridized carbons (Fsp3) is 0.417. The highest BCUT2D eigenvalue weighted by molar-refractivity contribution is 7.98. The SMILES string of the molecule is CC1CC(NC(=O)OCCc2cc(C(F)(F)F)cc(C(F)(F)F)c2)c2cc3c(cc2N1C(=O)O)CSC3. The summed E-state index contributed by atoms with van der Waals surface area (Å²) in [6.45, 7) is 1.24. The molecule has 0 bridgehead atoms. The molecule has 2 amide bonds. The molecule has 2 aliphatic rings. The van der Waals surface area contributed by atoms with Gasteiger partial charge in [0.05, 0.1) is 29.5 Å². The summed E-state index contributed by atoms with van der Waals surface area (Å²) in [5, 5.41) is 12.4. The normalized spacial score (nSPS) is 19.3. The lowest BCUT2D eigenvalue weighted by Gasteiger charge is -2.38. The summed E-state index contributed by atoms with van der Waals surface area (Å²) in [6.07, 6.45) is -12.1. The van der Waals surface area contributed by atoms with Gasteiger partial charge in [0.2, 0.25) is 0 Å². The topological polar surface area (TPSA) is 78.9 Å². The van der Waals surface area contributed by atoms with Gasteiger partial charge in [-0.2, -0.15) is 38.1 Å². The first kappa shape index (κ1) is 27.0. The second-order valence-corrected chi connectivity index (χ2v) is 9.89. The van der Waals surface area contributed by atoms with Crippen LogP contribution in [-0.4, -0.2) is 29.9 Å². The first-order chi connectivity index (χ1) is 17.2. The standard InChI is InChI=1S/C24H22F6N2O4S/c1-12-4-19(18-7-14-10-37-11-15(14)8-20(18)32(12)22(34)35)31-21(33)36-3-2-13-5-16(23(25,26)27)9-17(6-13)24(28,29)30/h5-9,12,19H,2-4,10-11H2,1H3,(H,31,33)(H,34,35). The average molecular weight is 549 g/mol. The number of anilines is 1. The van der Waals surface area contributed by atoms with Crippen LogP contribution in [0.15, 0.2) is 30.3 Å². The minimum absolute atomic E-state index is 0.0361. The van der Waals surface area contributed by atoms with Crippen LogP contribution in [0.3, 0.4) is 0 Å². The fourth-order valence-corrected chi connectivity index (χ4v) is 5.65. The lowest BCUT2D eigenvalue weighted by Crippen LogP contribution is -2.46. The summed E-state index contributed by atoms with van der Waals surface area (Å²) in [5.41, 5.74) is -0.0466. The van der Waals surface area contributed by atoms with Crippen molar-refractivity contribution in [2.45, 2.75) is 55.7 Å². The molecule has 2 N–H and O–H groups in total. The minimum atomic E-state index is -4.97. The van der Waals surface area contributed by atoms with Gasteiger partial charge in [0.25, 0.3) is 0 Å². The van der Waals surface area contributed by atoms with Crippen LogP contribution in [0.25, 0.3) is 0 Å². The number of alkyl halides is 6. The Hall–Kier alpha value is -3.09. The number of halogens is 6. The summed E-state index contributed by atoms with van der Waals surface area (Å²) >= 11 is 1.68. The maximum atomic E-state index is 13.1. The van der Waals surface area contributed by atoms with E-state index in [0.717, 1.165) is 22.6 Å². The van der Waals surface area contributed by atoms with Gasteiger partial charge in [-0.15, -0.1) is 0 Å². The molecule has 6 nitrogen and oxygen atoms in total. The van der Waals surface area contributed by atoms with Gasteiger partial charge in [-0.25, -0.2) is 9.59 Å². The van der Waals surface area contributed by atoms with Gasteiger partial charge in [-0.1, -0.05) is 6.07 Å². The summed E-state index contributed by atoms with van der Waals surface area (Å²) in [6, 6.07) is 3.83. The molecule has 2 aliphatic heterocycles. The van der Waals surface area contributed by atoms with E-state index in [1.165, 1.54) is 4.90 Å². The Morgan fingerprint density at radius 3 is 2.19 bits per heavy atom. The number of rotatable bonds is 4. The van der Waals surface area contributed by atoms with Gasteiger partial charge in [-0.3, -0.25) is 4.90 Å². The van der Waals surface area contributed by atoms with E-state index in [-0.39, 0.29) is 24.5 Å². The highest BCUT2D eigenvalue weighted by Crippen LogP contribution is 2.42. The van der Waals surface area contributed by atoms with Crippen LogP contribution in [0.1, 0.15) is 52.8 Å². The van der Waals surface area contributed by atoms with Gasteiger partial charge in [0.1, 0.15) is 0 Å². The van der Waals surface area contributed by atoms with Crippen LogP contribution in [-0.2, 0) is 35.0 Å². The number of thioether (sulfide) groups is 1. The highest BCUT2D eigenvalue weighted by atomic mass is 32.2. The molecule has 0 saturated heterocycles. The Morgan fingerprint density at radius 1 is 1.03 bits per heavy atom. The van der Waals surface area contributed by atoms with E-state index in [2.05, 4.69) is 5.32 Å². The Balaban J connectivity index is 1.46. The molecule has 2 unspecified atom stereocenters. The zero-order valence-electron chi connectivity index (χ0n) is 19.4. The monoisotopic (exact) mass is 548 g/mol. The molecule has 0 radical (unpaired) electrons. The lowest BCUT2D eigenvalue weighted by molar-refractivity contribution is -0.143. The number of ether oxygens (including phenoxy) is 1. The maximum Gasteiger partial charge on any atom is 0.416 e. The van der Waals surface area contributed by atoms with Crippen LogP contribution >= 0.6 is 11.8 Å². The van der Waals surface area contributed by atoms with Crippen LogP contribution in [0, 0.1) is 0 Å². The number of nitrogens with one attached hydrogen (secondary N) is 1. The Labute approximate surface area is 212 Å². The molecule has 0 aromatic heterocycles. The third kappa shape index (κ3) is 5.91. The summed E-state index contributed by atoms with van der Waals surface area (Å²) < 4.78 is 83.4. The van der Waals surface area contributed by atoms with E-state index in [1.54, 1.807) is 24.8 Å². The first-order valence-corrected chi connectivity index (χ1v) is 12.4. The Kier molecular flexibility index (Phi) is 7.28. The number of benzene rings is 2. The number of amides is 2. The van der Waals surface area contributed by atoms with Gasteiger partial charge < -0.3 is 15.2 Å². The van der Waals surface area contributed by atoms with Gasteiger partial charge in [0.15, 0.2) is 0 Å². The molecule has 2 heterocycles. The van der Waals surface area contributed by atoms with Crippen molar-refractivity contribution in [3.8, 4) is 0 Å². The second-order valence-electron chi connectivity index (χ2n) is 8.91. The first-order valence-electron chi connectivity index (χ1n) is 11.2. The molecule has 4 rings (SSSR count). The molecule has 2 aromatic carbocycles. The minimum Gasteiger partial charge on any atom is -0.465 e. The number of hydrogen-bond donors (Lipinski definition) is 2. The predicted octanol–water partition coefficient (Wildman–Crippen LogP) is 6.76. The van der Waals surface area contributed by atoms with Crippen molar-refractivity contribution in [3.05, 3.63) is 63.7 Å². The Morgan fingerprint density at radius 2 is 1.62 bits per heavy atom. The summed E-state index contributed by atoms with van der Waals surface area (Å²) in [4.78, 5) is 25.6. The number of carbonyl (C=O) groups is 2. The van der Waals surface area contributed by atoms with Gasteiger partial charge >= 0.3 is 24.5 Å². The summed E-state index contributed by atoms with van der Waals surface area (Å²) in [7, 11) is 0. The van der Waals surface area contributed by atoms with Crippen LogP contribution in [0.5, 0.6) is 0 Å². The van der Waals surface area contributed by atoms with Crippen LogP contribution < -0.4 is 10.2 Å². The highest BCUT2D eigenvalue weighted by Gasteiger charge is 2.38. The van der Waals surface area contributed by atoms with E-state index < -0.39 is 54.4 Å². The third-order valence-electron chi connectivity index (χ3n) is 6.29. The number of carbonyl (C=O) groups excluding carboxylic acids is 1. The molecule has 0 spiro atoms. The van der Waals surface area contributed by atoms with Crippen molar-refractivity contribution in [1.29, 1.82) is 0 Å². The van der Waals surface area contributed by atoms with E-state index in [1.807, 2.05) is 6.07 Å². The van der Waals surface area contributed by atoms with E-state index in [4.69, 9.17) is 4.74 Å². The third-order valence-corrected chi connectivity index (χ3v) is 7.32. The molecular weight excluding hydrogens is 526 g/mol.